The molecule has 0 aliphatic heterocycles. The minimum atomic E-state index is -1.12. The van der Waals surface area contributed by atoms with Crippen molar-refractivity contribution in [1.82, 2.24) is 4.57 Å². The largest absolute Gasteiger partial charge is 0.464 e. The van der Waals surface area contributed by atoms with E-state index in [-0.39, 0.29) is 16.1 Å². The molecule has 1 aromatic carbocycles. The number of aryl methyl sites for hydroxylation is 1. The molecule has 90 valence electrons. The maximum Gasteiger partial charge on any atom is 0.354 e. The Morgan fingerprint density at radius 2 is 2.06 bits per heavy atom. The molecule has 0 unspecified atom stereocenters. The smallest absolute Gasteiger partial charge is 0.354 e. The van der Waals surface area contributed by atoms with E-state index in [1.165, 1.54) is 17.7 Å². The maximum atomic E-state index is 13.3. The first-order chi connectivity index (χ1) is 7.97. The standard InChI is InChI=1S/C11H8ClF2NO2/c1-15-7-4-6(13)10(14)9(12)5(7)3-8(15)11(16)17-2/h3-4H,1-2H3. The summed E-state index contributed by atoms with van der Waals surface area (Å²) in [6, 6.07) is 2.36. The van der Waals surface area contributed by atoms with E-state index < -0.39 is 17.6 Å². The summed E-state index contributed by atoms with van der Waals surface area (Å²) in [5.41, 5.74) is 0.503. The summed E-state index contributed by atoms with van der Waals surface area (Å²) >= 11 is 5.68. The molecule has 0 N–H and O–H groups in total. The maximum absolute atomic E-state index is 13.3. The molecule has 1 heterocycles. The van der Waals surface area contributed by atoms with Gasteiger partial charge in [0.1, 0.15) is 5.69 Å². The first-order valence-electron chi connectivity index (χ1n) is 4.68. The van der Waals surface area contributed by atoms with Gasteiger partial charge in [-0.1, -0.05) is 11.6 Å². The Balaban J connectivity index is 2.83. The fourth-order valence-electron chi connectivity index (χ4n) is 1.68. The number of carbonyl (C=O) groups is 1. The molecule has 0 radical (unpaired) electrons. The van der Waals surface area contributed by atoms with Gasteiger partial charge in [0.05, 0.1) is 17.6 Å². The van der Waals surface area contributed by atoms with Crippen LogP contribution in [0.5, 0.6) is 0 Å². The highest BCUT2D eigenvalue weighted by atomic mass is 35.5. The van der Waals surface area contributed by atoms with Crippen molar-refractivity contribution in [2.24, 2.45) is 7.05 Å². The van der Waals surface area contributed by atoms with E-state index in [9.17, 15) is 13.6 Å². The van der Waals surface area contributed by atoms with Gasteiger partial charge >= 0.3 is 5.97 Å². The number of benzene rings is 1. The fourth-order valence-corrected chi connectivity index (χ4v) is 1.92. The lowest BCUT2D eigenvalue weighted by Crippen LogP contribution is -2.07. The number of ether oxygens (including phenoxy) is 1. The molecule has 6 heteroatoms. The highest BCUT2D eigenvalue weighted by molar-refractivity contribution is 6.35. The first kappa shape index (κ1) is 11.9. The topological polar surface area (TPSA) is 31.2 Å². The van der Waals surface area contributed by atoms with E-state index in [0.717, 1.165) is 6.07 Å². The molecule has 2 rings (SSSR count). The van der Waals surface area contributed by atoms with Crippen molar-refractivity contribution in [2.45, 2.75) is 0 Å². The number of nitrogens with zero attached hydrogens (tertiary/aromatic N) is 1. The van der Waals surface area contributed by atoms with Crippen LogP contribution in [0.15, 0.2) is 12.1 Å². The highest BCUT2D eigenvalue weighted by Gasteiger charge is 2.19. The van der Waals surface area contributed by atoms with E-state index in [4.69, 9.17) is 11.6 Å². The minimum Gasteiger partial charge on any atom is -0.464 e. The number of esters is 1. The molecule has 1 aromatic heterocycles. The predicted molar refractivity (Wildman–Crippen MR) is 59.2 cm³/mol. The summed E-state index contributed by atoms with van der Waals surface area (Å²) < 4.78 is 32.4. The van der Waals surface area contributed by atoms with Crippen molar-refractivity contribution >= 4 is 28.5 Å². The number of hydrogen-bond donors (Lipinski definition) is 0. The summed E-state index contributed by atoms with van der Waals surface area (Å²) in [4.78, 5) is 11.4. The van der Waals surface area contributed by atoms with Gasteiger partial charge in [0.25, 0.3) is 0 Å². The monoisotopic (exact) mass is 259 g/mol. The summed E-state index contributed by atoms with van der Waals surface area (Å²) in [6.45, 7) is 0. The van der Waals surface area contributed by atoms with Gasteiger partial charge in [-0.2, -0.15) is 0 Å². The van der Waals surface area contributed by atoms with E-state index in [2.05, 4.69) is 4.74 Å². The lowest BCUT2D eigenvalue weighted by Gasteiger charge is -2.02. The molecule has 2 aromatic rings. The van der Waals surface area contributed by atoms with E-state index in [1.54, 1.807) is 7.05 Å². The second kappa shape index (κ2) is 4.00. The Hall–Kier alpha value is -1.62. The number of carbonyl (C=O) groups excluding carboxylic acids is 1. The Kier molecular flexibility index (Phi) is 2.79. The van der Waals surface area contributed by atoms with E-state index in [0.29, 0.717) is 5.52 Å². The van der Waals surface area contributed by atoms with Crippen molar-refractivity contribution in [3.8, 4) is 0 Å². The molecule has 0 aliphatic rings. The number of hydrogen-bond acceptors (Lipinski definition) is 2. The van der Waals surface area contributed by atoms with Gasteiger partial charge in [-0.05, 0) is 6.07 Å². The number of methoxy groups -OCH3 is 1. The van der Waals surface area contributed by atoms with Gasteiger partial charge in [0.15, 0.2) is 11.6 Å². The third-order valence-electron chi connectivity index (χ3n) is 2.58. The van der Waals surface area contributed by atoms with Crippen LogP contribution in [0.4, 0.5) is 8.78 Å². The minimum absolute atomic E-state index is 0.175. The molecule has 0 fully saturated rings. The van der Waals surface area contributed by atoms with Gasteiger partial charge in [-0.3, -0.25) is 0 Å². The van der Waals surface area contributed by atoms with Crippen molar-refractivity contribution < 1.29 is 18.3 Å². The number of aromatic nitrogens is 1. The quantitative estimate of drug-likeness (QED) is 0.582. The zero-order valence-electron chi connectivity index (χ0n) is 9.05. The van der Waals surface area contributed by atoms with Crippen LogP contribution < -0.4 is 0 Å². The first-order valence-corrected chi connectivity index (χ1v) is 5.06. The fraction of sp³-hybridized carbons (Fsp3) is 0.182. The van der Waals surface area contributed by atoms with Crippen LogP contribution in [-0.4, -0.2) is 17.6 Å². The Bertz CT molecular complexity index is 622. The van der Waals surface area contributed by atoms with Crippen LogP contribution >= 0.6 is 11.6 Å². The van der Waals surface area contributed by atoms with Crippen molar-refractivity contribution in [3.63, 3.8) is 0 Å². The Labute approximate surface area is 101 Å². The molecular formula is C11H8ClF2NO2. The molecule has 0 amide bonds. The molecule has 3 nitrogen and oxygen atoms in total. The predicted octanol–water partition coefficient (Wildman–Crippen LogP) is 2.90. The van der Waals surface area contributed by atoms with Crippen LogP contribution in [0.3, 0.4) is 0 Å². The molecule has 0 atom stereocenters. The lowest BCUT2D eigenvalue weighted by atomic mass is 10.2. The number of halogens is 3. The number of rotatable bonds is 1. The second-order valence-corrected chi connectivity index (χ2v) is 3.88. The lowest BCUT2D eigenvalue weighted by molar-refractivity contribution is 0.0590. The second-order valence-electron chi connectivity index (χ2n) is 3.50. The Morgan fingerprint density at radius 1 is 1.41 bits per heavy atom. The molecule has 17 heavy (non-hydrogen) atoms. The average molecular weight is 260 g/mol. The molecule has 0 saturated carbocycles. The van der Waals surface area contributed by atoms with Crippen LogP contribution in [0.1, 0.15) is 10.5 Å². The van der Waals surface area contributed by atoms with E-state index >= 15 is 0 Å². The molecule has 0 spiro atoms. The van der Waals surface area contributed by atoms with E-state index in [1.807, 2.05) is 0 Å². The Morgan fingerprint density at radius 3 is 2.65 bits per heavy atom. The average Bonchev–Trinajstić information content (AvgIpc) is 2.64. The highest BCUT2D eigenvalue weighted by Crippen LogP contribution is 2.30. The molecular weight excluding hydrogens is 252 g/mol. The molecule has 0 saturated heterocycles. The van der Waals surface area contributed by atoms with Crippen molar-refractivity contribution in [2.75, 3.05) is 7.11 Å². The van der Waals surface area contributed by atoms with Crippen molar-refractivity contribution in [3.05, 3.63) is 34.5 Å². The SMILES string of the molecule is COC(=O)c1cc2c(Cl)c(F)c(F)cc2n1C. The molecule has 0 bridgehead atoms. The number of fused-ring (bicyclic) bond motifs is 1. The van der Waals surface area contributed by atoms with Gasteiger partial charge in [-0.15, -0.1) is 0 Å². The van der Waals surface area contributed by atoms with Gasteiger partial charge in [-0.25, -0.2) is 13.6 Å². The zero-order chi connectivity index (χ0) is 12.7. The zero-order valence-corrected chi connectivity index (χ0v) is 9.81. The summed E-state index contributed by atoms with van der Waals surface area (Å²) in [5, 5.41) is -0.0702. The van der Waals surface area contributed by atoms with Crippen LogP contribution in [-0.2, 0) is 11.8 Å². The summed E-state index contributed by atoms with van der Waals surface area (Å²) in [7, 11) is 2.77. The summed E-state index contributed by atoms with van der Waals surface area (Å²) in [6.07, 6.45) is 0. The van der Waals surface area contributed by atoms with Crippen molar-refractivity contribution in [1.29, 1.82) is 0 Å². The summed E-state index contributed by atoms with van der Waals surface area (Å²) in [5.74, 6) is -2.78. The van der Waals surface area contributed by atoms with Gasteiger partial charge in [0.2, 0.25) is 0 Å². The normalized spacial score (nSPS) is 10.9. The van der Waals surface area contributed by atoms with Crippen LogP contribution in [0, 0.1) is 11.6 Å². The molecule has 0 aliphatic carbocycles. The van der Waals surface area contributed by atoms with Crippen LogP contribution in [0.2, 0.25) is 5.02 Å². The van der Waals surface area contributed by atoms with Gasteiger partial charge in [0, 0.05) is 18.5 Å². The van der Waals surface area contributed by atoms with Gasteiger partial charge < -0.3 is 9.30 Å². The van der Waals surface area contributed by atoms with Crippen LogP contribution in [0.25, 0.3) is 10.9 Å². The third-order valence-corrected chi connectivity index (χ3v) is 2.95. The third kappa shape index (κ3) is 1.67.